The molecule has 0 spiro atoms. The highest BCUT2D eigenvalue weighted by atomic mass is 16.5. The van der Waals surface area contributed by atoms with Crippen molar-refractivity contribution in [2.24, 2.45) is 0 Å². The van der Waals surface area contributed by atoms with E-state index in [0.29, 0.717) is 13.2 Å². The highest BCUT2D eigenvalue weighted by Gasteiger charge is 1.89. The van der Waals surface area contributed by atoms with Crippen LogP contribution in [0.25, 0.3) is 0 Å². The van der Waals surface area contributed by atoms with Gasteiger partial charge in [0.2, 0.25) is 0 Å². The Hall–Kier alpha value is -0.0800. The van der Waals surface area contributed by atoms with Gasteiger partial charge in [0.05, 0.1) is 19.3 Å². The van der Waals surface area contributed by atoms with E-state index in [-0.39, 0.29) is 6.10 Å². The Bertz CT molecular complexity index is 43.8. The summed E-state index contributed by atoms with van der Waals surface area (Å²) in [5, 5.41) is 0. The van der Waals surface area contributed by atoms with Crippen LogP contribution in [-0.2, 0) is 9.47 Å². The molecule has 0 saturated carbocycles. The maximum absolute atomic E-state index is 5.05. The lowest BCUT2D eigenvalue weighted by atomic mass is 10.5. The molecule has 0 aromatic carbocycles. The molecular weight excluding hydrogens is 104 g/mol. The molecule has 0 fully saturated rings. The van der Waals surface area contributed by atoms with Crippen molar-refractivity contribution in [3.8, 4) is 0 Å². The minimum Gasteiger partial charge on any atom is -0.382 e. The lowest BCUT2D eigenvalue weighted by Crippen LogP contribution is -2.08. The van der Waals surface area contributed by atoms with Gasteiger partial charge in [-0.05, 0) is 13.8 Å². The standard InChI is InChI=1S/C6H13O2/c1-6(2)8-5-4-7-3/h6H,1,4-5H2,2-3H3/t6-/m1/s1. The van der Waals surface area contributed by atoms with Crippen LogP contribution in [0.2, 0.25) is 0 Å². The van der Waals surface area contributed by atoms with Gasteiger partial charge in [0.25, 0.3) is 0 Å². The van der Waals surface area contributed by atoms with E-state index in [4.69, 9.17) is 9.47 Å². The first-order valence-corrected chi connectivity index (χ1v) is 2.71. The molecule has 0 amide bonds. The van der Waals surface area contributed by atoms with Gasteiger partial charge < -0.3 is 9.47 Å². The number of methoxy groups -OCH3 is 1. The molecular formula is C6H13O2. The van der Waals surface area contributed by atoms with Gasteiger partial charge in [0.15, 0.2) is 0 Å². The molecule has 0 aliphatic carbocycles. The molecule has 0 aromatic rings. The second-order valence-corrected chi connectivity index (χ2v) is 1.67. The SMILES string of the molecule is [CH2][C@H](C)OCCOC. The molecule has 0 unspecified atom stereocenters. The molecule has 0 aliphatic rings. The van der Waals surface area contributed by atoms with Gasteiger partial charge in [-0.2, -0.15) is 0 Å². The highest BCUT2D eigenvalue weighted by Crippen LogP contribution is 1.84. The van der Waals surface area contributed by atoms with Crippen molar-refractivity contribution in [2.75, 3.05) is 20.3 Å². The van der Waals surface area contributed by atoms with E-state index >= 15 is 0 Å². The van der Waals surface area contributed by atoms with Gasteiger partial charge in [-0.3, -0.25) is 0 Å². The predicted molar refractivity (Wildman–Crippen MR) is 32.6 cm³/mol. The van der Waals surface area contributed by atoms with E-state index in [1.165, 1.54) is 0 Å². The van der Waals surface area contributed by atoms with Crippen LogP contribution in [0.1, 0.15) is 6.92 Å². The summed E-state index contributed by atoms with van der Waals surface area (Å²) in [6.07, 6.45) is 0.0742. The molecule has 0 saturated heterocycles. The average molecular weight is 117 g/mol. The van der Waals surface area contributed by atoms with E-state index in [2.05, 4.69) is 6.92 Å². The van der Waals surface area contributed by atoms with Crippen LogP contribution in [0.3, 0.4) is 0 Å². The summed E-state index contributed by atoms with van der Waals surface area (Å²) < 4.78 is 9.79. The first-order valence-electron chi connectivity index (χ1n) is 2.71. The minimum absolute atomic E-state index is 0.0742. The van der Waals surface area contributed by atoms with Crippen LogP contribution in [-0.4, -0.2) is 26.4 Å². The molecule has 0 N–H and O–H groups in total. The highest BCUT2D eigenvalue weighted by molar-refractivity contribution is 4.48. The van der Waals surface area contributed by atoms with Crippen molar-refractivity contribution in [1.29, 1.82) is 0 Å². The normalized spacial score (nSPS) is 10.5. The Kier molecular flexibility index (Phi) is 5.01. The molecule has 49 valence electrons. The van der Waals surface area contributed by atoms with Gasteiger partial charge in [-0.1, -0.05) is 0 Å². The van der Waals surface area contributed by atoms with Gasteiger partial charge in [-0.25, -0.2) is 0 Å². The molecule has 0 rings (SSSR count). The smallest absolute Gasteiger partial charge is 0.0703 e. The summed E-state index contributed by atoms with van der Waals surface area (Å²) in [6.45, 7) is 6.82. The first-order chi connectivity index (χ1) is 3.77. The van der Waals surface area contributed by atoms with Gasteiger partial charge >= 0.3 is 0 Å². The lowest BCUT2D eigenvalue weighted by molar-refractivity contribution is 0.0463. The van der Waals surface area contributed by atoms with Gasteiger partial charge in [-0.15, -0.1) is 0 Å². The molecule has 1 atom stereocenters. The van der Waals surface area contributed by atoms with Crippen molar-refractivity contribution in [1.82, 2.24) is 0 Å². The van der Waals surface area contributed by atoms with Crippen molar-refractivity contribution >= 4 is 0 Å². The summed E-state index contributed by atoms with van der Waals surface area (Å²) in [6, 6.07) is 0. The maximum atomic E-state index is 5.05. The molecule has 8 heavy (non-hydrogen) atoms. The molecule has 1 radical (unpaired) electrons. The Morgan fingerprint density at radius 1 is 1.50 bits per heavy atom. The first kappa shape index (κ1) is 7.92. The van der Waals surface area contributed by atoms with Crippen molar-refractivity contribution < 1.29 is 9.47 Å². The Morgan fingerprint density at radius 3 is 2.50 bits per heavy atom. The minimum atomic E-state index is 0.0742. The van der Waals surface area contributed by atoms with E-state index in [9.17, 15) is 0 Å². The third-order valence-corrected chi connectivity index (χ3v) is 0.690. The van der Waals surface area contributed by atoms with Gasteiger partial charge in [0.1, 0.15) is 0 Å². The van der Waals surface area contributed by atoms with Crippen molar-refractivity contribution in [2.45, 2.75) is 13.0 Å². The number of rotatable bonds is 4. The topological polar surface area (TPSA) is 18.5 Å². The quantitative estimate of drug-likeness (QED) is 0.509. The zero-order chi connectivity index (χ0) is 6.41. The number of ether oxygens (including phenoxy) is 2. The largest absolute Gasteiger partial charge is 0.382 e. The Morgan fingerprint density at radius 2 is 2.12 bits per heavy atom. The number of hydrogen-bond donors (Lipinski definition) is 0. The predicted octanol–water partition coefficient (Wildman–Crippen LogP) is 0.872. The zero-order valence-corrected chi connectivity index (χ0v) is 5.52. The van der Waals surface area contributed by atoms with Crippen LogP contribution >= 0.6 is 0 Å². The van der Waals surface area contributed by atoms with Gasteiger partial charge in [0, 0.05) is 7.11 Å². The maximum Gasteiger partial charge on any atom is 0.0703 e. The van der Waals surface area contributed by atoms with Crippen LogP contribution in [0.15, 0.2) is 0 Å². The average Bonchev–Trinajstić information content (AvgIpc) is 1.66. The lowest BCUT2D eigenvalue weighted by Gasteiger charge is -2.04. The van der Waals surface area contributed by atoms with Crippen molar-refractivity contribution in [3.63, 3.8) is 0 Å². The van der Waals surface area contributed by atoms with Crippen LogP contribution in [0, 0.1) is 6.92 Å². The van der Waals surface area contributed by atoms with E-state index < -0.39 is 0 Å². The third kappa shape index (κ3) is 5.92. The van der Waals surface area contributed by atoms with Crippen LogP contribution in [0.5, 0.6) is 0 Å². The second kappa shape index (κ2) is 5.06. The van der Waals surface area contributed by atoms with Crippen LogP contribution < -0.4 is 0 Å². The second-order valence-electron chi connectivity index (χ2n) is 1.67. The number of hydrogen-bond acceptors (Lipinski definition) is 2. The molecule has 2 heteroatoms. The summed E-state index contributed by atoms with van der Waals surface area (Å²) >= 11 is 0. The van der Waals surface area contributed by atoms with E-state index in [1.807, 2.05) is 6.92 Å². The van der Waals surface area contributed by atoms with E-state index in [1.54, 1.807) is 7.11 Å². The summed E-state index contributed by atoms with van der Waals surface area (Å²) in [4.78, 5) is 0. The molecule has 0 bridgehead atoms. The Balaban J connectivity index is 2.72. The fourth-order valence-electron chi connectivity index (χ4n) is 0.333. The van der Waals surface area contributed by atoms with Crippen molar-refractivity contribution in [3.05, 3.63) is 6.92 Å². The summed E-state index contributed by atoms with van der Waals surface area (Å²) in [7, 11) is 1.65. The summed E-state index contributed by atoms with van der Waals surface area (Å²) in [5.41, 5.74) is 0. The Labute approximate surface area is 50.8 Å². The van der Waals surface area contributed by atoms with E-state index in [0.717, 1.165) is 0 Å². The fraction of sp³-hybridized carbons (Fsp3) is 0.833. The summed E-state index contributed by atoms with van der Waals surface area (Å²) in [5.74, 6) is 0. The molecule has 0 heterocycles. The molecule has 0 aliphatic heterocycles. The van der Waals surface area contributed by atoms with Crippen LogP contribution in [0.4, 0.5) is 0 Å². The third-order valence-electron chi connectivity index (χ3n) is 0.690. The molecule has 0 aromatic heterocycles. The molecule has 2 nitrogen and oxygen atoms in total. The zero-order valence-electron chi connectivity index (χ0n) is 5.52. The fourth-order valence-corrected chi connectivity index (χ4v) is 0.333. The monoisotopic (exact) mass is 117 g/mol.